The molecule has 2 aliphatic rings. The molecule has 0 radical (unpaired) electrons. The zero-order valence-corrected chi connectivity index (χ0v) is 7.88. The van der Waals surface area contributed by atoms with Gasteiger partial charge in [-0.15, -0.1) is 0 Å². The summed E-state index contributed by atoms with van der Waals surface area (Å²) in [5.41, 5.74) is 0. The maximum atomic E-state index is 11.3. The Morgan fingerprint density at radius 3 is 2.77 bits per heavy atom. The van der Waals surface area contributed by atoms with Crippen molar-refractivity contribution >= 4 is 6.03 Å². The molecule has 2 fully saturated rings. The van der Waals surface area contributed by atoms with Crippen LogP contribution >= 0.6 is 0 Å². The maximum Gasteiger partial charge on any atom is 0.315 e. The fourth-order valence-corrected chi connectivity index (χ4v) is 1.57. The van der Waals surface area contributed by atoms with Gasteiger partial charge in [0.15, 0.2) is 0 Å². The predicted octanol–water partition coefficient (Wildman–Crippen LogP) is 0.483. The van der Waals surface area contributed by atoms with E-state index in [4.69, 9.17) is 4.74 Å². The summed E-state index contributed by atoms with van der Waals surface area (Å²) in [4.78, 5) is 11.3. The van der Waals surface area contributed by atoms with Crippen molar-refractivity contribution in [1.29, 1.82) is 0 Å². The number of nitrogens with one attached hydrogen (secondary N) is 2. The highest BCUT2D eigenvalue weighted by molar-refractivity contribution is 5.75. The van der Waals surface area contributed by atoms with Crippen molar-refractivity contribution in [1.82, 2.24) is 10.6 Å². The third-order valence-electron chi connectivity index (χ3n) is 2.69. The van der Waals surface area contributed by atoms with E-state index in [0.717, 1.165) is 19.4 Å². The van der Waals surface area contributed by atoms with Crippen molar-refractivity contribution in [2.75, 3.05) is 13.2 Å². The molecule has 0 aromatic carbocycles. The van der Waals surface area contributed by atoms with E-state index >= 15 is 0 Å². The Labute approximate surface area is 78.0 Å². The molecule has 1 aliphatic carbocycles. The molecule has 4 nitrogen and oxygen atoms in total. The topological polar surface area (TPSA) is 50.4 Å². The normalized spacial score (nSPS) is 37.2. The van der Waals surface area contributed by atoms with Crippen molar-refractivity contribution in [3.63, 3.8) is 0 Å². The fraction of sp³-hybridized carbons (Fsp3) is 0.889. The van der Waals surface area contributed by atoms with Gasteiger partial charge in [-0.05, 0) is 18.8 Å². The van der Waals surface area contributed by atoms with Crippen LogP contribution in [0.5, 0.6) is 0 Å². The lowest BCUT2D eigenvalue weighted by Crippen LogP contribution is -2.43. The first-order valence-corrected chi connectivity index (χ1v) is 4.90. The quantitative estimate of drug-likeness (QED) is 0.656. The molecule has 0 aromatic rings. The van der Waals surface area contributed by atoms with Gasteiger partial charge in [-0.1, -0.05) is 6.92 Å². The number of ether oxygens (including phenoxy) is 1. The average molecular weight is 184 g/mol. The smallest absolute Gasteiger partial charge is 0.315 e. The minimum Gasteiger partial charge on any atom is -0.379 e. The van der Waals surface area contributed by atoms with Gasteiger partial charge >= 0.3 is 6.03 Å². The van der Waals surface area contributed by atoms with Crippen LogP contribution in [0.2, 0.25) is 0 Å². The molecule has 1 aliphatic heterocycles. The predicted molar refractivity (Wildman–Crippen MR) is 48.5 cm³/mol. The molecule has 3 atom stereocenters. The van der Waals surface area contributed by atoms with Crippen LogP contribution in [0.4, 0.5) is 4.79 Å². The first-order chi connectivity index (χ1) is 6.25. The van der Waals surface area contributed by atoms with Crippen molar-refractivity contribution in [3.8, 4) is 0 Å². The van der Waals surface area contributed by atoms with Crippen molar-refractivity contribution < 1.29 is 9.53 Å². The Kier molecular flexibility index (Phi) is 2.40. The van der Waals surface area contributed by atoms with Crippen LogP contribution in [0.25, 0.3) is 0 Å². The Balaban J connectivity index is 1.66. The SMILES string of the molecule is CC1CC1NC(=O)NC1CCOC1. The lowest BCUT2D eigenvalue weighted by Gasteiger charge is -2.11. The number of carbonyl (C=O) groups is 1. The molecule has 2 amide bonds. The number of carbonyl (C=O) groups excluding carboxylic acids is 1. The summed E-state index contributed by atoms with van der Waals surface area (Å²) >= 11 is 0. The molecule has 4 heteroatoms. The molecule has 13 heavy (non-hydrogen) atoms. The van der Waals surface area contributed by atoms with E-state index in [1.165, 1.54) is 0 Å². The molecule has 3 unspecified atom stereocenters. The maximum absolute atomic E-state index is 11.3. The molecule has 74 valence electrons. The highest BCUT2D eigenvalue weighted by Gasteiger charge is 2.34. The third-order valence-corrected chi connectivity index (χ3v) is 2.69. The van der Waals surface area contributed by atoms with Crippen LogP contribution in [0.1, 0.15) is 19.8 Å². The standard InChI is InChI=1S/C9H16N2O2/c1-6-4-8(6)11-9(12)10-7-2-3-13-5-7/h6-8H,2-5H2,1H3,(H2,10,11,12). The molecule has 2 N–H and O–H groups in total. The zero-order chi connectivity index (χ0) is 9.26. The van der Waals surface area contributed by atoms with E-state index in [1.807, 2.05) is 0 Å². The fourth-order valence-electron chi connectivity index (χ4n) is 1.57. The van der Waals surface area contributed by atoms with E-state index in [1.54, 1.807) is 0 Å². The monoisotopic (exact) mass is 184 g/mol. The summed E-state index contributed by atoms with van der Waals surface area (Å²) in [7, 11) is 0. The Morgan fingerprint density at radius 2 is 2.23 bits per heavy atom. The first kappa shape index (κ1) is 8.81. The van der Waals surface area contributed by atoms with Crippen LogP contribution < -0.4 is 10.6 Å². The van der Waals surface area contributed by atoms with Gasteiger partial charge in [-0.2, -0.15) is 0 Å². The van der Waals surface area contributed by atoms with E-state index < -0.39 is 0 Å². The Bertz CT molecular complexity index is 202. The third kappa shape index (κ3) is 2.34. The number of hydrogen-bond acceptors (Lipinski definition) is 2. The molecule has 1 saturated carbocycles. The number of amides is 2. The Hall–Kier alpha value is -0.770. The largest absolute Gasteiger partial charge is 0.379 e. The van der Waals surface area contributed by atoms with Gasteiger partial charge in [-0.3, -0.25) is 0 Å². The lowest BCUT2D eigenvalue weighted by atomic mass is 10.3. The van der Waals surface area contributed by atoms with Crippen LogP contribution in [-0.2, 0) is 4.74 Å². The highest BCUT2D eigenvalue weighted by atomic mass is 16.5. The molecule has 1 heterocycles. The molecular weight excluding hydrogens is 168 g/mol. The average Bonchev–Trinajstić information content (AvgIpc) is 2.61. The van der Waals surface area contributed by atoms with Gasteiger partial charge in [0.2, 0.25) is 0 Å². The molecule has 0 spiro atoms. The lowest BCUT2D eigenvalue weighted by molar-refractivity contribution is 0.188. The summed E-state index contributed by atoms with van der Waals surface area (Å²) in [6.45, 7) is 3.57. The molecule has 0 aromatic heterocycles. The molecule has 0 bridgehead atoms. The summed E-state index contributed by atoms with van der Waals surface area (Å²) in [6.07, 6.45) is 2.06. The first-order valence-electron chi connectivity index (χ1n) is 4.90. The summed E-state index contributed by atoms with van der Waals surface area (Å²) in [6, 6.07) is 0.584. The summed E-state index contributed by atoms with van der Waals surface area (Å²) < 4.78 is 5.16. The van der Waals surface area contributed by atoms with Gasteiger partial charge in [0.05, 0.1) is 12.6 Å². The molecule has 1 saturated heterocycles. The van der Waals surface area contributed by atoms with Crippen molar-refractivity contribution in [2.45, 2.75) is 31.8 Å². The van der Waals surface area contributed by atoms with Gasteiger partial charge in [0.25, 0.3) is 0 Å². The second-order valence-corrected chi connectivity index (χ2v) is 4.00. The summed E-state index contributed by atoms with van der Waals surface area (Å²) in [5.74, 6) is 0.658. The summed E-state index contributed by atoms with van der Waals surface area (Å²) in [5, 5.41) is 5.82. The van der Waals surface area contributed by atoms with E-state index in [2.05, 4.69) is 17.6 Å². The second kappa shape index (κ2) is 3.54. The van der Waals surface area contributed by atoms with Crippen LogP contribution in [0.3, 0.4) is 0 Å². The van der Waals surface area contributed by atoms with Gasteiger partial charge in [0.1, 0.15) is 0 Å². The van der Waals surface area contributed by atoms with Crippen LogP contribution in [-0.4, -0.2) is 31.3 Å². The number of rotatable bonds is 2. The van der Waals surface area contributed by atoms with E-state index in [9.17, 15) is 4.79 Å². The van der Waals surface area contributed by atoms with Crippen LogP contribution in [0, 0.1) is 5.92 Å². The zero-order valence-electron chi connectivity index (χ0n) is 7.88. The van der Waals surface area contributed by atoms with Crippen molar-refractivity contribution in [3.05, 3.63) is 0 Å². The van der Waals surface area contributed by atoms with E-state index in [0.29, 0.717) is 18.6 Å². The minimum atomic E-state index is -0.0372. The number of urea groups is 1. The molecule has 2 rings (SSSR count). The minimum absolute atomic E-state index is 0.0372. The van der Waals surface area contributed by atoms with Crippen LogP contribution in [0.15, 0.2) is 0 Å². The van der Waals surface area contributed by atoms with Gasteiger partial charge in [0, 0.05) is 12.6 Å². The van der Waals surface area contributed by atoms with E-state index in [-0.39, 0.29) is 12.1 Å². The molecular formula is C9H16N2O2. The van der Waals surface area contributed by atoms with Gasteiger partial charge in [-0.25, -0.2) is 4.79 Å². The Morgan fingerprint density at radius 1 is 1.46 bits per heavy atom. The van der Waals surface area contributed by atoms with Crippen molar-refractivity contribution in [2.24, 2.45) is 5.92 Å². The number of hydrogen-bond donors (Lipinski definition) is 2. The van der Waals surface area contributed by atoms with Gasteiger partial charge < -0.3 is 15.4 Å². The second-order valence-electron chi connectivity index (χ2n) is 4.00. The highest BCUT2D eigenvalue weighted by Crippen LogP contribution is 2.28.